The Balaban J connectivity index is 1.99. The molecule has 4 nitrogen and oxygen atoms in total. The van der Waals surface area contributed by atoms with Crippen LogP contribution >= 0.6 is 0 Å². The molecular formula is C29H26O4SSe. The molecule has 178 valence electrons. The van der Waals surface area contributed by atoms with Gasteiger partial charge >= 0.3 is 214 Å². The van der Waals surface area contributed by atoms with Crippen LogP contribution in [0.4, 0.5) is 0 Å². The van der Waals surface area contributed by atoms with Crippen LogP contribution in [0.15, 0.2) is 119 Å². The van der Waals surface area contributed by atoms with Gasteiger partial charge in [0.2, 0.25) is 0 Å². The van der Waals surface area contributed by atoms with Crippen molar-refractivity contribution in [3.63, 3.8) is 0 Å². The fourth-order valence-corrected chi connectivity index (χ4v) is 8.16. The van der Waals surface area contributed by atoms with Crippen molar-refractivity contribution in [3.05, 3.63) is 131 Å². The first kappa shape index (κ1) is 25.0. The third kappa shape index (κ3) is 5.75. The molecule has 1 unspecified atom stereocenters. The van der Waals surface area contributed by atoms with Crippen molar-refractivity contribution in [1.29, 1.82) is 0 Å². The van der Waals surface area contributed by atoms with E-state index in [0.717, 1.165) is 15.6 Å². The van der Waals surface area contributed by atoms with Crippen LogP contribution in [0.1, 0.15) is 22.8 Å². The van der Waals surface area contributed by atoms with Gasteiger partial charge in [0.15, 0.2) is 0 Å². The number of hydrogen-bond acceptors (Lipinski definition) is 4. The number of hydrogen-bond donors (Lipinski definition) is 1. The van der Waals surface area contributed by atoms with E-state index < -0.39 is 15.9 Å². The number of aliphatic hydroxyl groups is 1. The summed E-state index contributed by atoms with van der Waals surface area (Å²) in [5, 5.41) is 11.6. The van der Waals surface area contributed by atoms with Crippen molar-refractivity contribution in [1.82, 2.24) is 0 Å². The zero-order valence-electron chi connectivity index (χ0n) is 19.5. The number of ether oxygens (including phenoxy) is 1. The maximum absolute atomic E-state index is 14.2. The van der Waals surface area contributed by atoms with Gasteiger partial charge in [-0.2, -0.15) is 0 Å². The summed E-state index contributed by atoms with van der Waals surface area (Å²) in [7, 11) is -2.47. The Kier molecular flexibility index (Phi) is 7.89. The summed E-state index contributed by atoms with van der Waals surface area (Å²) in [6.07, 6.45) is -1.35. The van der Waals surface area contributed by atoms with Crippen LogP contribution in [0.5, 0.6) is 5.75 Å². The molecule has 0 aliphatic rings. The summed E-state index contributed by atoms with van der Waals surface area (Å²) in [5.41, 5.74) is 2.21. The molecule has 0 aliphatic heterocycles. The van der Waals surface area contributed by atoms with Gasteiger partial charge in [0.05, 0.1) is 0 Å². The van der Waals surface area contributed by atoms with E-state index in [1.165, 1.54) is 0 Å². The van der Waals surface area contributed by atoms with Gasteiger partial charge in [0.1, 0.15) is 0 Å². The average Bonchev–Trinajstić information content (AvgIpc) is 2.89. The van der Waals surface area contributed by atoms with Gasteiger partial charge in [-0.3, -0.25) is 0 Å². The van der Waals surface area contributed by atoms with Crippen molar-refractivity contribution < 1.29 is 18.3 Å². The number of aryl methyl sites for hydroxylation is 1. The molecule has 0 aromatic heterocycles. The molecule has 0 heterocycles. The number of rotatable bonds is 8. The minimum atomic E-state index is -4.03. The van der Waals surface area contributed by atoms with Gasteiger partial charge < -0.3 is 0 Å². The van der Waals surface area contributed by atoms with Crippen molar-refractivity contribution in [2.24, 2.45) is 0 Å². The van der Waals surface area contributed by atoms with Gasteiger partial charge in [0, 0.05) is 0 Å². The normalized spacial score (nSPS) is 13.1. The second kappa shape index (κ2) is 11.1. The Hall–Kier alpha value is -3.15. The molecule has 0 radical (unpaired) electrons. The molecular weight excluding hydrogens is 523 g/mol. The van der Waals surface area contributed by atoms with E-state index in [0.29, 0.717) is 15.8 Å². The summed E-state index contributed by atoms with van der Waals surface area (Å²) >= 11 is -0.386. The fraction of sp³-hybridized carbons (Fsp3) is 0.103. The zero-order chi connectivity index (χ0) is 24.8. The second-order valence-corrected chi connectivity index (χ2v) is 12.2. The van der Waals surface area contributed by atoms with Crippen molar-refractivity contribution in [2.75, 3.05) is 7.11 Å². The van der Waals surface area contributed by atoms with E-state index >= 15 is 0 Å². The maximum atomic E-state index is 14.2. The summed E-state index contributed by atoms with van der Waals surface area (Å²) in [5.74, 6) is 0.629. The van der Waals surface area contributed by atoms with Gasteiger partial charge in [0.25, 0.3) is 0 Å². The molecule has 0 saturated carbocycles. The molecule has 0 bridgehead atoms. The monoisotopic (exact) mass is 550 g/mol. The Bertz CT molecular complexity index is 1400. The molecule has 0 spiro atoms. The summed E-state index contributed by atoms with van der Waals surface area (Å²) in [4.78, 5) is 0.157. The first-order valence-electron chi connectivity index (χ1n) is 11.1. The van der Waals surface area contributed by atoms with Gasteiger partial charge in [-0.15, -0.1) is 0 Å². The standard InChI is InChI=1S/C29H26O4SSe/c1-21-13-19-25(20-14-21)34(31,32)28(27(30)22-15-17-24(33-2)18-16-22)29(23-9-5-3-6-10-23)35-26-11-7-4-8-12-26/h3-20,27,30H,1-2H3/b29-28-. The first-order valence-corrected chi connectivity index (χ1v) is 14.3. The molecule has 4 aromatic rings. The molecule has 4 rings (SSSR count). The SMILES string of the molecule is COc1ccc(C(O)/C(=C(/[Se]c2ccccc2)c2ccccc2)S(=O)(=O)c2ccc(C)cc2)cc1. The minimum absolute atomic E-state index is 0.00146. The van der Waals surface area contributed by atoms with Gasteiger partial charge in [-0.1, -0.05) is 0 Å². The van der Waals surface area contributed by atoms with E-state index in [1.54, 1.807) is 55.6 Å². The van der Waals surface area contributed by atoms with Crippen LogP contribution in [0.25, 0.3) is 4.47 Å². The Morgan fingerprint density at radius 1 is 0.800 bits per heavy atom. The third-order valence-electron chi connectivity index (χ3n) is 5.52. The Morgan fingerprint density at radius 2 is 1.37 bits per heavy atom. The van der Waals surface area contributed by atoms with E-state index in [2.05, 4.69) is 0 Å². The Labute approximate surface area is 213 Å². The average molecular weight is 550 g/mol. The second-order valence-electron chi connectivity index (χ2n) is 7.97. The molecule has 0 amide bonds. The summed E-state index contributed by atoms with van der Waals surface area (Å²) < 4.78 is 35.2. The van der Waals surface area contributed by atoms with Gasteiger partial charge in [-0.05, 0) is 0 Å². The fourth-order valence-electron chi connectivity index (χ4n) is 3.62. The summed E-state index contributed by atoms with van der Waals surface area (Å²) in [6, 6.07) is 32.8. The van der Waals surface area contributed by atoms with E-state index in [9.17, 15) is 13.5 Å². The van der Waals surface area contributed by atoms with Crippen molar-refractivity contribution in [2.45, 2.75) is 17.9 Å². The molecule has 1 atom stereocenters. The van der Waals surface area contributed by atoms with Crippen LogP contribution in [0.2, 0.25) is 0 Å². The van der Waals surface area contributed by atoms with Crippen molar-refractivity contribution in [3.8, 4) is 5.75 Å². The van der Waals surface area contributed by atoms with E-state index in [1.807, 2.05) is 67.6 Å². The molecule has 4 aromatic carbocycles. The zero-order valence-corrected chi connectivity index (χ0v) is 22.0. The van der Waals surface area contributed by atoms with Crippen LogP contribution < -0.4 is 9.20 Å². The number of methoxy groups -OCH3 is 1. The number of aliphatic hydroxyl groups excluding tert-OH is 1. The van der Waals surface area contributed by atoms with Crippen molar-refractivity contribution >= 4 is 33.7 Å². The molecule has 0 aliphatic carbocycles. The van der Waals surface area contributed by atoms with Crippen LogP contribution in [-0.4, -0.2) is 35.6 Å². The van der Waals surface area contributed by atoms with Crippen LogP contribution in [0.3, 0.4) is 0 Å². The van der Waals surface area contributed by atoms with Crippen LogP contribution in [0, 0.1) is 6.92 Å². The third-order valence-corrected chi connectivity index (χ3v) is 10.2. The molecule has 35 heavy (non-hydrogen) atoms. The molecule has 0 fully saturated rings. The van der Waals surface area contributed by atoms with Crippen LogP contribution in [-0.2, 0) is 9.84 Å². The van der Waals surface area contributed by atoms with E-state index in [-0.39, 0.29) is 24.8 Å². The quantitative estimate of drug-likeness (QED) is 0.318. The predicted octanol–water partition coefficient (Wildman–Crippen LogP) is 4.91. The summed E-state index contributed by atoms with van der Waals surface area (Å²) in [6.45, 7) is 1.91. The van der Waals surface area contributed by atoms with Gasteiger partial charge in [-0.25, -0.2) is 0 Å². The number of benzene rings is 4. The topological polar surface area (TPSA) is 63.6 Å². The molecule has 1 N–H and O–H groups in total. The predicted molar refractivity (Wildman–Crippen MR) is 142 cm³/mol. The van der Waals surface area contributed by atoms with E-state index in [4.69, 9.17) is 4.74 Å². The molecule has 0 saturated heterocycles. The molecule has 6 heteroatoms. The Morgan fingerprint density at radius 3 is 1.94 bits per heavy atom. The first-order chi connectivity index (χ1) is 16.9. The number of sulfone groups is 1.